The largest absolute Gasteiger partial charge is 0.449 e. The van der Waals surface area contributed by atoms with Gasteiger partial charge in [-0.3, -0.25) is 4.79 Å². The molecule has 0 saturated heterocycles. The van der Waals surface area contributed by atoms with Crippen molar-refractivity contribution in [2.75, 3.05) is 5.32 Å². The van der Waals surface area contributed by atoms with E-state index in [-0.39, 0.29) is 10.7 Å². The highest BCUT2D eigenvalue weighted by Gasteiger charge is 2.20. The first kappa shape index (κ1) is 16.3. The van der Waals surface area contributed by atoms with Crippen LogP contribution in [-0.4, -0.2) is 23.0 Å². The van der Waals surface area contributed by atoms with E-state index in [2.05, 4.69) is 10.3 Å². The normalized spacial score (nSPS) is 11.6. The number of hydrogen-bond acceptors (Lipinski definition) is 4. The van der Waals surface area contributed by atoms with Crippen LogP contribution < -0.4 is 5.32 Å². The maximum atomic E-state index is 12.0. The average molecular weight is 339 g/mol. The van der Waals surface area contributed by atoms with Crippen LogP contribution in [0.15, 0.2) is 42.6 Å². The third kappa shape index (κ3) is 4.19. The van der Waals surface area contributed by atoms with Crippen LogP contribution in [0.1, 0.15) is 17.3 Å². The summed E-state index contributed by atoms with van der Waals surface area (Å²) in [6.07, 6.45) is 0.455. The van der Waals surface area contributed by atoms with Gasteiger partial charge < -0.3 is 10.1 Å². The first-order chi connectivity index (χ1) is 10.5. The van der Waals surface area contributed by atoms with E-state index in [1.54, 1.807) is 30.3 Å². The summed E-state index contributed by atoms with van der Waals surface area (Å²) >= 11 is 11.6. The number of nitrogens with one attached hydrogen (secondary N) is 1. The Morgan fingerprint density at radius 3 is 2.68 bits per heavy atom. The minimum Gasteiger partial charge on any atom is -0.449 e. The van der Waals surface area contributed by atoms with E-state index in [0.29, 0.717) is 10.7 Å². The van der Waals surface area contributed by atoms with Crippen LogP contribution in [-0.2, 0) is 9.53 Å². The number of amides is 1. The minimum absolute atomic E-state index is 0.0231. The van der Waals surface area contributed by atoms with E-state index in [1.807, 2.05) is 0 Å². The second-order valence-electron chi connectivity index (χ2n) is 4.39. The van der Waals surface area contributed by atoms with E-state index < -0.39 is 18.0 Å². The van der Waals surface area contributed by atoms with Crippen LogP contribution in [0.3, 0.4) is 0 Å². The fraction of sp³-hybridized carbons (Fsp3) is 0.133. The average Bonchev–Trinajstić information content (AvgIpc) is 2.47. The van der Waals surface area contributed by atoms with Crippen molar-refractivity contribution < 1.29 is 14.3 Å². The number of halogens is 2. The fourth-order valence-corrected chi connectivity index (χ4v) is 2.01. The van der Waals surface area contributed by atoms with Crippen molar-refractivity contribution >= 4 is 40.8 Å². The van der Waals surface area contributed by atoms with E-state index in [1.165, 1.54) is 19.2 Å². The molecule has 0 saturated carbocycles. The number of pyridine rings is 1. The molecule has 22 heavy (non-hydrogen) atoms. The molecule has 0 aliphatic carbocycles. The highest BCUT2D eigenvalue weighted by molar-refractivity contribution is 6.32. The van der Waals surface area contributed by atoms with E-state index in [4.69, 9.17) is 27.9 Å². The lowest BCUT2D eigenvalue weighted by Crippen LogP contribution is -2.30. The van der Waals surface area contributed by atoms with E-state index in [0.717, 1.165) is 0 Å². The summed E-state index contributed by atoms with van der Waals surface area (Å²) in [5.41, 5.74) is 0.617. The van der Waals surface area contributed by atoms with Crippen molar-refractivity contribution in [3.05, 3.63) is 58.3 Å². The summed E-state index contributed by atoms with van der Waals surface area (Å²) in [5, 5.41) is 3.12. The van der Waals surface area contributed by atoms with Crippen molar-refractivity contribution in [1.82, 2.24) is 4.98 Å². The Kier molecular flexibility index (Phi) is 5.35. The molecule has 114 valence electrons. The zero-order valence-electron chi connectivity index (χ0n) is 11.5. The molecule has 2 rings (SSSR count). The van der Waals surface area contributed by atoms with Crippen LogP contribution in [0.2, 0.25) is 10.2 Å². The van der Waals surface area contributed by atoms with Crippen molar-refractivity contribution in [3.8, 4) is 0 Å². The summed E-state index contributed by atoms with van der Waals surface area (Å²) in [6, 6.07) is 9.68. The van der Waals surface area contributed by atoms with Gasteiger partial charge >= 0.3 is 5.97 Å². The smallest absolute Gasteiger partial charge is 0.342 e. The molecule has 1 heterocycles. The van der Waals surface area contributed by atoms with Gasteiger partial charge in [-0.15, -0.1) is 0 Å². The van der Waals surface area contributed by atoms with Gasteiger partial charge in [-0.05, 0) is 37.3 Å². The number of aromatic nitrogens is 1. The Bertz CT molecular complexity index is 707. The van der Waals surface area contributed by atoms with Gasteiger partial charge in [-0.2, -0.15) is 0 Å². The standard InChI is InChI=1S/C15H12Cl2N2O3/c1-9(14(20)19-11-5-2-4-10(16)8-11)22-15(21)12-6-3-7-18-13(12)17/h2-9H,1H3,(H,19,20). The number of esters is 1. The lowest BCUT2D eigenvalue weighted by molar-refractivity contribution is -0.123. The fourth-order valence-electron chi connectivity index (χ4n) is 1.63. The summed E-state index contributed by atoms with van der Waals surface area (Å²) in [4.78, 5) is 27.7. The zero-order valence-corrected chi connectivity index (χ0v) is 13.1. The molecule has 0 aliphatic heterocycles. The molecule has 1 amide bonds. The second-order valence-corrected chi connectivity index (χ2v) is 5.18. The zero-order chi connectivity index (χ0) is 16.1. The number of benzene rings is 1. The third-order valence-electron chi connectivity index (χ3n) is 2.72. The van der Waals surface area contributed by atoms with Crippen LogP contribution in [0, 0.1) is 0 Å². The first-order valence-electron chi connectivity index (χ1n) is 6.35. The van der Waals surface area contributed by atoms with Gasteiger partial charge in [0.25, 0.3) is 5.91 Å². The molecule has 0 spiro atoms. The van der Waals surface area contributed by atoms with Gasteiger partial charge in [0.1, 0.15) is 5.15 Å². The number of carbonyl (C=O) groups is 2. The van der Waals surface area contributed by atoms with Crippen LogP contribution >= 0.6 is 23.2 Å². The molecule has 1 aromatic carbocycles. The molecular formula is C15H12Cl2N2O3. The quantitative estimate of drug-likeness (QED) is 0.683. The molecule has 5 nitrogen and oxygen atoms in total. The molecule has 0 fully saturated rings. The highest BCUT2D eigenvalue weighted by atomic mass is 35.5. The topological polar surface area (TPSA) is 68.3 Å². The van der Waals surface area contributed by atoms with Crippen LogP contribution in [0.5, 0.6) is 0 Å². The number of anilines is 1. The Hall–Kier alpha value is -2.11. The molecule has 0 aliphatic rings. The van der Waals surface area contributed by atoms with Gasteiger partial charge in [0.15, 0.2) is 6.10 Å². The van der Waals surface area contributed by atoms with Gasteiger partial charge in [-0.1, -0.05) is 29.3 Å². The third-order valence-corrected chi connectivity index (χ3v) is 3.26. The van der Waals surface area contributed by atoms with Crippen molar-refractivity contribution in [3.63, 3.8) is 0 Å². The SMILES string of the molecule is CC(OC(=O)c1cccnc1Cl)C(=O)Nc1cccc(Cl)c1. The monoisotopic (exact) mass is 338 g/mol. The van der Waals surface area contributed by atoms with Crippen LogP contribution in [0.4, 0.5) is 5.69 Å². The number of carbonyl (C=O) groups excluding carboxylic acids is 2. The van der Waals surface area contributed by atoms with Crippen molar-refractivity contribution in [2.24, 2.45) is 0 Å². The molecule has 0 bridgehead atoms. The van der Waals surface area contributed by atoms with Crippen molar-refractivity contribution in [1.29, 1.82) is 0 Å². The Morgan fingerprint density at radius 1 is 1.23 bits per heavy atom. The van der Waals surface area contributed by atoms with Gasteiger partial charge in [0, 0.05) is 16.9 Å². The summed E-state index contributed by atoms with van der Waals surface area (Å²) in [5.74, 6) is -1.19. The molecule has 1 N–H and O–H groups in total. The highest BCUT2D eigenvalue weighted by Crippen LogP contribution is 2.16. The number of nitrogens with zero attached hydrogens (tertiary/aromatic N) is 1. The predicted octanol–water partition coefficient (Wildman–Crippen LogP) is 3.57. The molecule has 1 aromatic heterocycles. The number of rotatable bonds is 4. The lowest BCUT2D eigenvalue weighted by atomic mass is 10.2. The maximum absolute atomic E-state index is 12.0. The van der Waals surface area contributed by atoms with Gasteiger partial charge in [-0.25, -0.2) is 9.78 Å². The van der Waals surface area contributed by atoms with Crippen molar-refractivity contribution in [2.45, 2.75) is 13.0 Å². The van der Waals surface area contributed by atoms with E-state index in [9.17, 15) is 9.59 Å². The van der Waals surface area contributed by atoms with Gasteiger partial charge in [0.2, 0.25) is 0 Å². The summed E-state index contributed by atoms with van der Waals surface area (Å²) in [6.45, 7) is 1.46. The molecule has 2 aromatic rings. The number of ether oxygens (including phenoxy) is 1. The summed E-state index contributed by atoms with van der Waals surface area (Å²) < 4.78 is 5.07. The molecular weight excluding hydrogens is 327 g/mol. The van der Waals surface area contributed by atoms with Gasteiger partial charge in [0.05, 0.1) is 5.56 Å². The summed E-state index contributed by atoms with van der Waals surface area (Å²) in [7, 11) is 0. The van der Waals surface area contributed by atoms with Crippen LogP contribution in [0.25, 0.3) is 0 Å². The molecule has 1 unspecified atom stereocenters. The maximum Gasteiger partial charge on any atom is 0.342 e. The Balaban J connectivity index is 1.99. The molecule has 1 atom stereocenters. The molecule has 0 radical (unpaired) electrons. The van der Waals surface area contributed by atoms with E-state index >= 15 is 0 Å². The number of hydrogen-bond donors (Lipinski definition) is 1. The predicted molar refractivity (Wildman–Crippen MR) is 84.2 cm³/mol. The Labute approximate surface area is 137 Å². The first-order valence-corrected chi connectivity index (χ1v) is 7.11. The second kappa shape index (κ2) is 7.24. The Morgan fingerprint density at radius 2 is 2.00 bits per heavy atom. The molecule has 7 heteroatoms. The lowest BCUT2D eigenvalue weighted by Gasteiger charge is -2.14. The minimum atomic E-state index is -0.997.